The number of methoxy groups -OCH3 is 1. The SMILES string of the molecule is COC(=O)c1cccc2c1C(O)=C1C(=O)[C@]3(O)C(O)=C(C(N)=O)C(=O)[C@@H](N(C)C)[C@@H]3C[C@@H]1C2. The standard InChI is InChI=1S/C23H24N2O8/c1-25(2)16-12-8-10-7-9-5-4-6-11(22(31)33-3)13(9)17(26)14(10)19(28)23(12,32)20(29)15(18(16)27)21(24)30/h4-6,10,12,16,26,29,32H,7-8H2,1-3H3,(H2,24,30)/t10-,12-,16-,23-/m0/s1. The van der Waals surface area contributed by atoms with E-state index in [1.54, 1.807) is 26.2 Å². The first kappa shape index (κ1) is 22.7. The van der Waals surface area contributed by atoms with E-state index >= 15 is 0 Å². The molecule has 0 aliphatic heterocycles. The Balaban J connectivity index is 1.97. The van der Waals surface area contributed by atoms with E-state index < -0.39 is 64.0 Å². The summed E-state index contributed by atoms with van der Waals surface area (Å²) in [6.45, 7) is 0. The van der Waals surface area contributed by atoms with Gasteiger partial charge in [-0.15, -0.1) is 0 Å². The number of hydrogen-bond acceptors (Lipinski definition) is 9. The largest absolute Gasteiger partial charge is 0.508 e. The molecule has 33 heavy (non-hydrogen) atoms. The van der Waals surface area contributed by atoms with Gasteiger partial charge in [-0.05, 0) is 44.5 Å². The fraction of sp³-hybridized carbons (Fsp3) is 0.391. The van der Waals surface area contributed by atoms with Crippen LogP contribution in [0.4, 0.5) is 0 Å². The Hall–Kier alpha value is -3.50. The summed E-state index contributed by atoms with van der Waals surface area (Å²) in [5, 5.41) is 33.4. The second kappa shape index (κ2) is 7.53. The lowest BCUT2D eigenvalue weighted by Crippen LogP contribution is -2.65. The number of primary amides is 1. The molecule has 1 aromatic carbocycles. The van der Waals surface area contributed by atoms with Gasteiger partial charge < -0.3 is 25.8 Å². The van der Waals surface area contributed by atoms with Crippen LogP contribution in [0, 0.1) is 11.8 Å². The van der Waals surface area contributed by atoms with Gasteiger partial charge in [-0.1, -0.05) is 12.1 Å². The van der Waals surface area contributed by atoms with Crippen LogP contribution < -0.4 is 5.73 Å². The van der Waals surface area contributed by atoms with Gasteiger partial charge in [0.1, 0.15) is 17.1 Å². The van der Waals surface area contributed by atoms with Crippen LogP contribution >= 0.6 is 0 Å². The summed E-state index contributed by atoms with van der Waals surface area (Å²) in [6.07, 6.45) is 0.299. The molecule has 0 radical (unpaired) electrons. The minimum absolute atomic E-state index is 0.0444. The molecule has 10 nitrogen and oxygen atoms in total. The maximum atomic E-state index is 13.7. The number of ketones is 2. The number of nitrogens with two attached hydrogens (primary N) is 1. The average molecular weight is 456 g/mol. The number of aliphatic hydroxyl groups is 3. The van der Waals surface area contributed by atoms with Crippen molar-refractivity contribution in [2.75, 3.05) is 21.2 Å². The molecule has 0 bridgehead atoms. The summed E-state index contributed by atoms with van der Waals surface area (Å²) in [6, 6.07) is 3.67. The van der Waals surface area contributed by atoms with E-state index in [2.05, 4.69) is 0 Å². The van der Waals surface area contributed by atoms with E-state index in [1.165, 1.54) is 18.1 Å². The molecule has 10 heteroatoms. The van der Waals surface area contributed by atoms with Crippen molar-refractivity contribution in [1.82, 2.24) is 4.90 Å². The Morgan fingerprint density at radius 3 is 2.45 bits per heavy atom. The van der Waals surface area contributed by atoms with E-state index in [0.29, 0.717) is 5.56 Å². The van der Waals surface area contributed by atoms with Gasteiger partial charge in [0.25, 0.3) is 5.91 Å². The third-order valence-electron chi connectivity index (χ3n) is 6.89. The second-order valence-corrected chi connectivity index (χ2v) is 8.79. The lowest BCUT2D eigenvalue weighted by atomic mass is 9.57. The van der Waals surface area contributed by atoms with E-state index in [-0.39, 0.29) is 29.5 Å². The zero-order chi connectivity index (χ0) is 24.4. The third kappa shape index (κ3) is 2.94. The summed E-state index contributed by atoms with van der Waals surface area (Å²) < 4.78 is 4.78. The van der Waals surface area contributed by atoms with Crippen molar-refractivity contribution in [3.05, 3.63) is 51.8 Å². The molecule has 1 saturated carbocycles. The summed E-state index contributed by atoms with van der Waals surface area (Å²) in [5.41, 5.74) is 2.38. The van der Waals surface area contributed by atoms with Gasteiger partial charge >= 0.3 is 5.97 Å². The first-order valence-corrected chi connectivity index (χ1v) is 10.3. The van der Waals surface area contributed by atoms with Crippen molar-refractivity contribution in [3.8, 4) is 0 Å². The summed E-state index contributed by atoms with van der Waals surface area (Å²) in [4.78, 5) is 52.4. The van der Waals surface area contributed by atoms with E-state index in [1.807, 2.05) is 0 Å². The Kier molecular flexibility index (Phi) is 5.18. The van der Waals surface area contributed by atoms with E-state index in [0.717, 1.165) is 0 Å². The molecule has 4 rings (SSSR count). The summed E-state index contributed by atoms with van der Waals surface area (Å²) in [5.74, 6) is -7.12. The second-order valence-electron chi connectivity index (χ2n) is 8.79. The Morgan fingerprint density at radius 2 is 1.88 bits per heavy atom. The van der Waals surface area contributed by atoms with Crippen LogP contribution in [0.1, 0.15) is 27.9 Å². The van der Waals surface area contributed by atoms with Crippen LogP contribution in [0.3, 0.4) is 0 Å². The number of esters is 1. The number of ether oxygens (including phenoxy) is 1. The predicted molar refractivity (Wildman–Crippen MR) is 114 cm³/mol. The lowest BCUT2D eigenvalue weighted by molar-refractivity contribution is -0.153. The average Bonchev–Trinajstić information content (AvgIpc) is 2.74. The molecule has 0 heterocycles. The topological polar surface area (TPSA) is 167 Å². The van der Waals surface area contributed by atoms with Crippen LogP contribution in [0.15, 0.2) is 35.1 Å². The Labute approximate surface area is 188 Å². The molecule has 0 spiro atoms. The normalized spacial score (nSPS) is 28.9. The van der Waals surface area contributed by atoms with Crippen LogP contribution in [-0.4, -0.2) is 76.5 Å². The van der Waals surface area contributed by atoms with Gasteiger partial charge in [0.05, 0.1) is 18.7 Å². The summed E-state index contributed by atoms with van der Waals surface area (Å²) >= 11 is 0. The quantitative estimate of drug-likeness (QED) is 0.363. The molecule has 174 valence electrons. The number of Topliss-reactive ketones (excluding diaryl/α,β-unsaturated/α-hetero) is 2. The zero-order valence-electron chi connectivity index (χ0n) is 18.3. The van der Waals surface area contributed by atoms with Crippen LogP contribution in [0.2, 0.25) is 0 Å². The maximum Gasteiger partial charge on any atom is 0.338 e. The molecule has 3 aliphatic rings. The van der Waals surface area contributed by atoms with Crippen molar-refractivity contribution in [2.24, 2.45) is 17.6 Å². The first-order chi connectivity index (χ1) is 15.5. The number of fused-ring (bicyclic) bond motifs is 3. The summed E-state index contributed by atoms with van der Waals surface area (Å²) in [7, 11) is 4.29. The van der Waals surface area contributed by atoms with Gasteiger partial charge in [-0.3, -0.25) is 19.3 Å². The molecule has 0 saturated heterocycles. The van der Waals surface area contributed by atoms with Crippen LogP contribution in [-0.2, 0) is 25.5 Å². The predicted octanol–water partition coefficient (Wildman–Crippen LogP) is 0.0450. The van der Waals surface area contributed by atoms with Crippen molar-refractivity contribution in [2.45, 2.75) is 24.5 Å². The van der Waals surface area contributed by atoms with Crippen LogP contribution in [0.5, 0.6) is 0 Å². The Morgan fingerprint density at radius 1 is 1.21 bits per heavy atom. The zero-order valence-corrected chi connectivity index (χ0v) is 18.3. The van der Waals surface area contributed by atoms with Crippen molar-refractivity contribution >= 4 is 29.2 Å². The van der Waals surface area contributed by atoms with E-state index in [4.69, 9.17) is 10.5 Å². The first-order valence-electron chi connectivity index (χ1n) is 10.3. The minimum atomic E-state index is -2.65. The molecule has 1 amide bonds. The van der Waals surface area contributed by atoms with Crippen molar-refractivity contribution in [1.29, 1.82) is 0 Å². The number of rotatable bonds is 3. The fourth-order valence-electron chi connectivity index (χ4n) is 5.48. The molecule has 1 aromatic rings. The molecule has 0 aromatic heterocycles. The molecule has 5 N–H and O–H groups in total. The van der Waals surface area contributed by atoms with E-state index in [9.17, 15) is 34.5 Å². The number of carbonyl (C=O) groups excluding carboxylic acids is 4. The molecule has 4 atom stereocenters. The smallest absolute Gasteiger partial charge is 0.338 e. The highest BCUT2D eigenvalue weighted by atomic mass is 16.5. The van der Waals surface area contributed by atoms with Gasteiger partial charge in [-0.25, -0.2) is 4.79 Å². The number of benzene rings is 1. The van der Waals surface area contributed by atoms with Gasteiger partial charge in [0.15, 0.2) is 11.4 Å². The van der Waals surface area contributed by atoms with Crippen molar-refractivity contribution < 1.29 is 39.2 Å². The van der Waals surface area contributed by atoms with Crippen LogP contribution in [0.25, 0.3) is 5.76 Å². The number of nitrogens with zero attached hydrogens (tertiary/aromatic N) is 1. The molecule has 0 unspecified atom stereocenters. The molecular formula is C23H24N2O8. The molecule has 1 fully saturated rings. The fourth-order valence-corrected chi connectivity index (χ4v) is 5.48. The minimum Gasteiger partial charge on any atom is -0.508 e. The highest BCUT2D eigenvalue weighted by Crippen LogP contribution is 2.51. The Bertz CT molecular complexity index is 1180. The molecular weight excluding hydrogens is 432 g/mol. The highest BCUT2D eigenvalue weighted by molar-refractivity contribution is 6.24. The third-order valence-corrected chi connectivity index (χ3v) is 6.89. The van der Waals surface area contributed by atoms with Crippen molar-refractivity contribution in [3.63, 3.8) is 0 Å². The number of hydrogen-bond donors (Lipinski definition) is 4. The monoisotopic (exact) mass is 456 g/mol. The number of likely N-dealkylation sites (N-methyl/N-ethyl adjacent to an activating group) is 1. The van der Waals surface area contributed by atoms with Gasteiger partial charge in [-0.2, -0.15) is 0 Å². The van der Waals surface area contributed by atoms with Gasteiger partial charge in [0, 0.05) is 17.1 Å². The molecule has 3 aliphatic carbocycles. The number of aliphatic hydroxyl groups excluding tert-OH is 2. The van der Waals surface area contributed by atoms with Gasteiger partial charge in [0.2, 0.25) is 5.78 Å². The number of carbonyl (C=O) groups is 4. The maximum absolute atomic E-state index is 13.7. The highest BCUT2D eigenvalue weighted by Gasteiger charge is 2.64. The number of amides is 1. The lowest BCUT2D eigenvalue weighted by Gasteiger charge is -2.50.